The molecule has 0 amide bonds. The molecule has 0 saturated carbocycles. The average molecular weight is 497 g/mol. The Labute approximate surface area is 224 Å². The molecule has 3 unspecified atom stereocenters. The Morgan fingerprint density at radius 3 is 2.70 bits per heavy atom. The van der Waals surface area contributed by atoms with E-state index in [1.165, 1.54) is 81.3 Å². The number of fused-ring (bicyclic) bond motifs is 9. The van der Waals surface area contributed by atoms with Crippen LogP contribution in [0.4, 0.5) is 0 Å². The van der Waals surface area contributed by atoms with Gasteiger partial charge in [-0.15, -0.1) is 11.3 Å². The fourth-order valence-electron chi connectivity index (χ4n) is 7.59. The molecule has 0 N–H and O–H groups in total. The molecule has 3 atom stereocenters. The third-order valence-electron chi connectivity index (χ3n) is 9.38. The maximum atomic E-state index is 2.57. The minimum atomic E-state index is 0.533. The lowest BCUT2D eigenvalue weighted by atomic mass is 9.67. The van der Waals surface area contributed by atoms with Gasteiger partial charge in [-0.2, -0.15) is 0 Å². The predicted octanol–water partition coefficient (Wildman–Crippen LogP) is 10.4. The van der Waals surface area contributed by atoms with Crippen molar-refractivity contribution in [2.75, 3.05) is 0 Å². The van der Waals surface area contributed by atoms with Gasteiger partial charge in [0.1, 0.15) is 0 Å². The fraction of sp³-hybridized carbons (Fsp3) is 0.278. The van der Waals surface area contributed by atoms with E-state index >= 15 is 0 Å². The molecule has 182 valence electrons. The van der Waals surface area contributed by atoms with Gasteiger partial charge < -0.3 is 0 Å². The van der Waals surface area contributed by atoms with Crippen molar-refractivity contribution in [3.8, 4) is 11.1 Å². The zero-order valence-electron chi connectivity index (χ0n) is 21.3. The van der Waals surface area contributed by atoms with Gasteiger partial charge in [0.05, 0.1) is 0 Å². The summed E-state index contributed by atoms with van der Waals surface area (Å²) in [5.74, 6) is 1.75. The smallest absolute Gasteiger partial charge is 0.0427 e. The van der Waals surface area contributed by atoms with E-state index in [0.29, 0.717) is 17.8 Å². The number of rotatable bonds is 2. The molecule has 4 aliphatic carbocycles. The summed E-state index contributed by atoms with van der Waals surface area (Å²) in [5.41, 5.74) is 12.2. The second-order valence-electron chi connectivity index (χ2n) is 11.3. The van der Waals surface area contributed by atoms with Crippen molar-refractivity contribution in [1.29, 1.82) is 0 Å². The van der Waals surface area contributed by atoms with Gasteiger partial charge in [0.25, 0.3) is 0 Å². The lowest BCUT2D eigenvalue weighted by Gasteiger charge is -2.37. The van der Waals surface area contributed by atoms with Crippen LogP contribution in [0.15, 0.2) is 85.0 Å². The molecule has 1 heteroatoms. The van der Waals surface area contributed by atoms with Gasteiger partial charge in [-0.3, -0.25) is 0 Å². The summed E-state index contributed by atoms with van der Waals surface area (Å²) < 4.78 is 1.50. The number of hydrogen-bond acceptors (Lipinski definition) is 1. The quantitative estimate of drug-likeness (QED) is 0.242. The van der Waals surface area contributed by atoms with Gasteiger partial charge in [-0.1, -0.05) is 85.0 Å². The van der Waals surface area contributed by atoms with Gasteiger partial charge in [-0.05, 0) is 113 Å². The van der Waals surface area contributed by atoms with Crippen LogP contribution in [0.5, 0.6) is 0 Å². The number of allylic oxidation sites excluding steroid dienone is 5. The first kappa shape index (κ1) is 21.9. The molecule has 37 heavy (non-hydrogen) atoms. The van der Waals surface area contributed by atoms with Gasteiger partial charge in [0.15, 0.2) is 0 Å². The topological polar surface area (TPSA) is 0 Å². The average Bonchev–Trinajstić information content (AvgIpc) is 3.36. The molecule has 3 aromatic carbocycles. The molecule has 4 aromatic rings. The van der Waals surface area contributed by atoms with Crippen LogP contribution in [0.25, 0.3) is 32.9 Å². The Hall–Kier alpha value is -3.16. The monoisotopic (exact) mass is 496 g/mol. The third-order valence-corrected chi connectivity index (χ3v) is 10.6. The van der Waals surface area contributed by atoms with E-state index in [2.05, 4.69) is 91.0 Å². The molecule has 4 aliphatic rings. The normalized spacial score (nSPS) is 23.7. The summed E-state index contributed by atoms with van der Waals surface area (Å²) in [5, 5.41) is 1.49. The van der Waals surface area contributed by atoms with E-state index in [0.717, 1.165) is 6.42 Å². The zero-order chi connectivity index (χ0) is 24.3. The predicted molar refractivity (Wildman–Crippen MR) is 159 cm³/mol. The van der Waals surface area contributed by atoms with E-state index < -0.39 is 0 Å². The maximum Gasteiger partial charge on any atom is 0.0427 e. The van der Waals surface area contributed by atoms with Crippen molar-refractivity contribution in [1.82, 2.24) is 0 Å². The Morgan fingerprint density at radius 1 is 0.757 bits per heavy atom. The first-order chi connectivity index (χ1) is 18.3. The van der Waals surface area contributed by atoms with E-state index in [1.807, 2.05) is 11.3 Å². The molecular formula is C36H32S. The van der Waals surface area contributed by atoms with Crippen molar-refractivity contribution in [3.63, 3.8) is 0 Å². The van der Waals surface area contributed by atoms with Gasteiger partial charge in [0.2, 0.25) is 0 Å². The Balaban J connectivity index is 1.17. The highest BCUT2D eigenvalue weighted by molar-refractivity contribution is 7.20. The molecule has 0 radical (unpaired) electrons. The molecule has 0 fully saturated rings. The lowest BCUT2D eigenvalue weighted by molar-refractivity contribution is 0.547. The molecule has 8 rings (SSSR count). The number of benzene rings is 3. The summed E-state index contributed by atoms with van der Waals surface area (Å²) in [6.45, 7) is 0. The van der Waals surface area contributed by atoms with Crippen molar-refractivity contribution < 1.29 is 0 Å². The minimum absolute atomic E-state index is 0.533. The number of thiophene rings is 1. The third kappa shape index (κ3) is 3.47. The standard InChI is InChI=1S/C36H32S/c1-2-13-29-27(11-1)28-12-3-4-14-30(28)34-22-24(19-20-31(29)34)23-9-7-10-25(21-23)26-16-8-17-33-32-15-5-6-18-35(32)37-36(26)33/h2-4,6,8,10,12-14,16-20,22-23,27,29H,1,5,7,9,11,15,21H2. The summed E-state index contributed by atoms with van der Waals surface area (Å²) in [6, 6.07) is 23.7. The van der Waals surface area contributed by atoms with E-state index in [4.69, 9.17) is 0 Å². The first-order valence-corrected chi connectivity index (χ1v) is 15.0. The molecule has 0 aliphatic heterocycles. The maximum absolute atomic E-state index is 2.57. The molecule has 0 saturated heterocycles. The van der Waals surface area contributed by atoms with E-state index in [-0.39, 0.29) is 0 Å². The minimum Gasteiger partial charge on any atom is -0.135 e. The SMILES string of the molecule is C1=Cc2sc3c(C4=CCCC(c5ccc6c(c5)-c5ccccc5C5CCC=CC65)C4)cccc3c2CC1. The highest BCUT2D eigenvalue weighted by Crippen LogP contribution is 2.52. The van der Waals surface area contributed by atoms with Crippen LogP contribution < -0.4 is 0 Å². The summed E-state index contributed by atoms with van der Waals surface area (Å²) in [6.07, 6.45) is 20.5. The number of hydrogen-bond donors (Lipinski definition) is 0. The van der Waals surface area contributed by atoms with Crippen LogP contribution in [-0.4, -0.2) is 0 Å². The van der Waals surface area contributed by atoms with Gasteiger partial charge in [0, 0.05) is 15.5 Å². The van der Waals surface area contributed by atoms with Crippen LogP contribution in [0.3, 0.4) is 0 Å². The van der Waals surface area contributed by atoms with E-state index in [1.54, 1.807) is 16.7 Å². The lowest BCUT2D eigenvalue weighted by Crippen LogP contribution is -2.19. The first-order valence-electron chi connectivity index (χ1n) is 14.2. The Bertz CT molecular complexity index is 1620. The van der Waals surface area contributed by atoms with Crippen LogP contribution in [-0.2, 0) is 6.42 Å². The molecule has 1 aromatic heterocycles. The van der Waals surface area contributed by atoms with Crippen molar-refractivity contribution in [2.45, 2.75) is 62.7 Å². The summed E-state index contributed by atoms with van der Waals surface area (Å²) >= 11 is 2.00. The molecular weight excluding hydrogens is 464 g/mol. The second-order valence-corrected chi connectivity index (χ2v) is 12.4. The van der Waals surface area contributed by atoms with Crippen LogP contribution in [0.1, 0.15) is 89.0 Å². The van der Waals surface area contributed by atoms with E-state index in [9.17, 15) is 0 Å². The Kier molecular flexibility index (Phi) is 5.15. The molecule has 1 heterocycles. The molecule has 0 spiro atoms. The Morgan fingerprint density at radius 2 is 1.70 bits per heavy atom. The summed E-state index contributed by atoms with van der Waals surface area (Å²) in [7, 11) is 0. The summed E-state index contributed by atoms with van der Waals surface area (Å²) in [4.78, 5) is 1.48. The van der Waals surface area contributed by atoms with Crippen LogP contribution >= 0.6 is 11.3 Å². The fourth-order valence-corrected chi connectivity index (χ4v) is 8.92. The number of aryl methyl sites for hydroxylation is 1. The second kappa shape index (κ2) is 8.71. The van der Waals surface area contributed by atoms with Gasteiger partial charge >= 0.3 is 0 Å². The highest BCUT2D eigenvalue weighted by Gasteiger charge is 2.33. The van der Waals surface area contributed by atoms with Crippen LogP contribution in [0.2, 0.25) is 0 Å². The zero-order valence-corrected chi connectivity index (χ0v) is 22.1. The highest BCUT2D eigenvalue weighted by atomic mass is 32.1. The van der Waals surface area contributed by atoms with Crippen molar-refractivity contribution in [2.24, 2.45) is 0 Å². The molecule has 0 nitrogen and oxygen atoms in total. The van der Waals surface area contributed by atoms with Gasteiger partial charge in [-0.25, -0.2) is 0 Å². The van der Waals surface area contributed by atoms with Crippen molar-refractivity contribution >= 4 is 33.1 Å². The van der Waals surface area contributed by atoms with Crippen molar-refractivity contribution in [3.05, 3.63) is 118 Å². The largest absolute Gasteiger partial charge is 0.135 e. The van der Waals surface area contributed by atoms with Crippen LogP contribution in [0, 0.1) is 0 Å². The molecule has 0 bridgehead atoms.